The van der Waals surface area contributed by atoms with Crippen molar-refractivity contribution >= 4 is 23.5 Å². The number of hydrogen-bond acceptors (Lipinski definition) is 6. The molecule has 0 aromatic heterocycles. The monoisotopic (exact) mass is 365 g/mol. The van der Waals surface area contributed by atoms with E-state index in [9.17, 15) is 9.59 Å². The fourth-order valence-electron chi connectivity index (χ4n) is 2.66. The first-order valence-corrected chi connectivity index (χ1v) is 7.99. The van der Waals surface area contributed by atoms with E-state index in [4.69, 9.17) is 25.8 Å². The average Bonchev–Trinajstić information content (AvgIpc) is 2.64. The lowest BCUT2D eigenvalue weighted by molar-refractivity contribution is -0.137. The summed E-state index contributed by atoms with van der Waals surface area (Å²) in [6.07, 6.45) is 3.31. The molecule has 0 N–H and O–H groups in total. The van der Waals surface area contributed by atoms with Crippen LogP contribution in [0.1, 0.15) is 11.5 Å². The second-order valence-corrected chi connectivity index (χ2v) is 5.81. The first kappa shape index (κ1) is 19.0. The molecule has 0 atom stereocenters. The van der Waals surface area contributed by atoms with Crippen molar-refractivity contribution in [2.45, 2.75) is 5.92 Å². The van der Waals surface area contributed by atoms with Gasteiger partial charge in [0.15, 0.2) is 0 Å². The zero-order valence-corrected chi connectivity index (χ0v) is 15.1. The molecule has 0 fully saturated rings. The average molecular weight is 366 g/mol. The summed E-state index contributed by atoms with van der Waals surface area (Å²) in [6, 6.07) is 7.00. The summed E-state index contributed by atoms with van der Waals surface area (Å²) in [6.45, 7) is 0.900. The summed E-state index contributed by atoms with van der Waals surface area (Å²) < 4.78 is 14.9. The normalized spacial score (nSPS) is 14.6. The first-order chi connectivity index (χ1) is 12.0. The molecule has 134 valence electrons. The van der Waals surface area contributed by atoms with Gasteiger partial charge in [0.25, 0.3) is 0 Å². The van der Waals surface area contributed by atoms with Crippen LogP contribution in [0.3, 0.4) is 0 Å². The molecule has 2 rings (SSSR count). The van der Waals surface area contributed by atoms with Crippen LogP contribution in [-0.4, -0.2) is 51.3 Å². The van der Waals surface area contributed by atoms with E-state index in [-0.39, 0.29) is 0 Å². The largest absolute Gasteiger partial charge is 0.466 e. The zero-order chi connectivity index (χ0) is 18.4. The van der Waals surface area contributed by atoms with Gasteiger partial charge in [0, 0.05) is 31.1 Å². The number of carbonyl (C=O) groups is 2. The van der Waals surface area contributed by atoms with Gasteiger partial charge in [-0.25, -0.2) is 9.59 Å². The summed E-state index contributed by atoms with van der Waals surface area (Å²) >= 11 is 6.09. The van der Waals surface area contributed by atoms with Crippen LogP contribution in [0.2, 0.25) is 5.02 Å². The van der Waals surface area contributed by atoms with Crippen molar-refractivity contribution in [3.63, 3.8) is 0 Å². The molecule has 7 heteroatoms. The number of ether oxygens (including phenoxy) is 3. The Bertz CT molecular complexity index is 679. The van der Waals surface area contributed by atoms with Crippen molar-refractivity contribution in [2.75, 3.05) is 34.5 Å². The van der Waals surface area contributed by atoms with E-state index >= 15 is 0 Å². The molecule has 0 aliphatic carbocycles. The topological polar surface area (TPSA) is 65.1 Å². The third-order valence-corrected chi connectivity index (χ3v) is 4.04. The van der Waals surface area contributed by atoms with Crippen molar-refractivity contribution in [1.82, 2.24) is 4.90 Å². The maximum Gasteiger partial charge on any atom is 0.336 e. The van der Waals surface area contributed by atoms with Gasteiger partial charge in [-0.3, -0.25) is 0 Å². The number of methoxy groups -OCH3 is 3. The molecule has 0 amide bonds. The van der Waals surface area contributed by atoms with Gasteiger partial charge in [-0.1, -0.05) is 23.7 Å². The molecule has 1 aliphatic heterocycles. The Kier molecular flexibility index (Phi) is 6.61. The van der Waals surface area contributed by atoms with Crippen LogP contribution >= 0.6 is 11.6 Å². The molecule has 25 heavy (non-hydrogen) atoms. The van der Waals surface area contributed by atoms with E-state index in [2.05, 4.69) is 0 Å². The van der Waals surface area contributed by atoms with Crippen LogP contribution in [0, 0.1) is 0 Å². The van der Waals surface area contributed by atoms with Crippen molar-refractivity contribution in [2.24, 2.45) is 0 Å². The number of hydrogen-bond donors (Lipinski definition) is 0. The van der Waals surface area contributed by atoms with Gasteiger partial charge >= 0.3 is 11.9 Å². The van der Waals surface area contributed by atoms with E-state index in [0.29, 0.717) is 34.9 Å². The molecular weight excluding hydrogens is 346 g/mol. The molecule has 1 aliphatic rings. The van der Waals surface area contributed by atoms with Gasteiger partial charge in [-0.05, 0) is 17.7 Å². The van der Waals surface area contributed by atoms with Gasteiger partial charge in [0.05, 0.1) is 37.9 Å². The van der Waals surface area contributed by atoms with Crippen molar-refractivity contribution in [3.05, 3.63) is 58.4 Å². The quantitative estimate of drug-likeness (QED) is 0.722. The van der Waals surface area contributed by atoms with Crippen LogP contribution in [-0.2, 0) is 23.8 Å². The fourth-order valence-corrected chi connectivity index (χ4v) is 2.86. The highest BCUT2D eigenvalue weighted by Gasteiger charge is 2.35. The van der Waals surface area contributed by atoms with Gasteiger partial charge in [0.2, 0.25) is 0 Å². The molecule has 0 spiro atoms. The van der Waals surface area contributed by atoms with Gasteiger partial charge in [-0.15, -0.1) is 0 Å². The molecule has 0 saturated carbocycles. The predicted octanol–water partition coefficient (Wildman–Crippen LogP) is 2.50. The lowest BCUT2D eigenvalue weighted by Crippen LogP contribution is -2.30. The van der Waals surface area contributed by atoms with Crippen LogP contribution < -0.4 is 0 Å². The Labute approximate surface area is 151 Å². The molecule has 1 aromatic rings. The molecule has 0 radical (unpaired) electrons. The number of rotatable bonds is 6. The van der Waals surface area contributed by atoms with E-state index in [1.807, 2.05) is 0 Å². The maximum absolute atomic E-state index is 12.4. The minimum atomic E-state index is -0.627. The number of benzene rings is 1. The third kappa shape index (κ3) is 4.41. The van der Waals surface area contributed by atoms with Crippen molar-refractivity contribution in [3.8, 4) is 0 Å². The SMILES string of the molecule is COCCN1C=C(C(=O)OC)C(c2cccc(Cl)c2)C(C(=O)OC)=C1. The smallest absolute Gasteiger partial charge is 0.336 e. The van der Waals surface area contributed by atoms with Gasteiger partial charge < -0.3 is 19.1 Å². The summed E-state index contributed by atoms with van der Waals surface area (Å²) in [5.41, 5.74) is 1.35. The number of esters is 2. The lowest BCUT2D eigenvalue weighted by atomic mass is 9.83. The highest BCUT2D eigenvalue weighted by Crippen LogP contribution is 2.37. The molecule has 1 heterocycles. The van der Waals surface area contributed by atoms with E-state index in [0.717, 1.165) is 0 Å². The molecule has 1 aromatic carbocycles. The second-order valence-electron chi connectivity index (χ2n) is 5.37. The highest BCUT2D eigenvalue weighted by molar-refractivity contribution is 6.30. The van der Waals surface area contributed by atoms with Gasteiger partial charge in [-0.2, -0.15) is 0 Å². The Morgan fingerprint density at radius 2 is 1.68 bits per heavy atom. The number of nitrogens with zero attached hydrogens (tertiary/aromatic N) is 1. The Balaban J connectivity index is 2.54. The predicted molar refractivity (Wildman–Crippen MR) is 93.0 cm³/mol. The Hall–Kier alpha value is -2.31. The minimum absolute atomic E-state index is 0.323. The molecule has 6 nitrogen and oxygen atoms in total. The van der Waals surface area contributed by atoms with Gasteiger partial charge in [0.1, 0.15) is 0 Å². The highest BCUT2D eigenvalue weighted by atomic mass is 35.5. The standard InChI is InChI=1S/C18H20ClNO5/c1-23-8-7-20-10-14(17(21)24-2)16(15(11-20)18(22)25-3)12-5-4-6-13(19)9-12/h4-6,9-11,16H,7-8H2,1-3H3. The second kappa shape index (κ2) is 8.69. The summed E-state index contributed by atoms with van der Waals surface area (Å²) in [5, 5.41) is 0.507. The fraction of sp³-hybridized carbons (Fsp3) is 0.333. The lowest BCUT2D eigenvalue weighted by Gasteiger charge is -2.30. The summed E-state index contributed by atoms with van der Waals surface area (Å²) in [4.78, 5) is 26.4. The van der Waals surface area contributed by atoms with Crippen molar-refractivity contribution in [1.29, 1.82) is 0 Å². The van der Waals surface area contributed by atoms with Crippen molar-refractivity contribution < 1.29 is 23.8 Å². The number of halogens is 1. The van der Waals surface area contributed by atoms with E-state index < -0.39 is 17.9 Å². The van der Waals surface area contributed by atoms with E-state index in [1.54, 1.807) is 48.7 Å². The maximum atomic E-state index is 12.4. The third-order valence-electron chi connectivity index (χ3n) is 3.81. The molecular formula is C18H20ClNO5. The summed E-state index contributed by atoms with van der Waals surface area (Å²) in [5.74, 6) is -1.68. The first-order valence-electron chi connectivity index (χ1n) is 7.62. The van der Waals surface area contributed by atoms with Crippen LogP contribution in [0.5, 0.6) is 0 Å². The van der Waals surface area contributed by atoms with Crippen LogP contribution in [0.25, 0.3) is 0 Å². The van der Waals surface area contributed by atoms with Crippen LogP contribution in [0.15, 0.2) is 47.8 Å². The Morgan fingerprint density at radius 3 is 2.16 bits per heavy atom. The molecule has 0 saturated heterocycles. The summed E-state index contributed by atoms with van der Waals surface area (Å²) in [7, 11) is 4.18. The Morgan fingerprint density at radius 1 is 1.08 bits per heavy atom. The van der Waals surface area contributed by atoms with E-state index in [1.165, 1.54) is 14.2 Å². The molecule has 0 unspecified atom stereocenters. The zero-order valence-electron chi connectivity index (χ0n) is 14.3. The molecule has 0 bridgehead atoms. The van der Waals surface area contributed by atoms with Crippen LogP contribution in [0.4, 0.5) is 0 Å². The minimum Gasteiger partial charge on any atom is -0.466 e. The number of carbonyl (C=O) groups excluding carboxylic acids is 2.